The first-order valence-corrected chi connectivity index (χ1v) is 34.3. The second-order valence-electron chi connectivity index (χ2n) is 31.3. The summed E-state index contributed by atoms with van der Waals surface area (Å²) in [6.45, 7) is 28.8. The molecule has 6 aliphatic carbocycles. The highest BCUT2D eigenvalue weighted by atomic mass is 14.9. The Balaban J connectivity index is 0.000000125. The maximum atomic E-state index is 9.51. The Morgan fingerprint density at radius 2 is 0.678 bits per heavy atom. The molecule has 3 heterocycles. The highest BCUT2D eigenvalue weighted by Gasteiger charge is 2.63. The van der Waals surface area contributed by atoms with E-state index in [1.165, 1.54) is 152 Å². The number of aryl methyl sites for hydroxylation is 6. The molecule has 0 aliphatic heterocycles. The van der Waals surface area contributed by atoms with Gasteiger partial charge in [-0.15, -0.1) is 0 Å². The number of fused-ring (bicyclic) bond motifs is 6. The van der Waals surface area contributed by atoms with E-state index in [1.807, 2.05) is 0 Å². The molecule has 6 bridgehead atoms. The Kier molecular flexibility index (Phi) is 15.5. The Morgan fingerprint density at radius 3 is 1.02 bits per heavy atom. The molecule has 0 radical (unpaired) electrons. The zero-order chi connectivity index (χ0) is 64.2. The third-order valence-electron chi connectivity index (χ3n) is 26.6. The predicted molar refractivity (Wildman–Crippen MR) is 376 cm³/mol. The molecule has 462 valence electrons. The molecular weight excluding hydrogens is 1090 g/mol. The van der Waals surface area contributed by atoms with Crippen molar-refractivity contribution >= 4 is 0 Å². The normalized spacial score (nSPS) is 27.8. The second-order valence-corrected chi connectivity index (χ2v) is 31.3. The molecule has 9 unspecified atom stereocenters. The summed E-state index contributed by atoms with van der Waals surface area (Å²) in [5, 5.41) is 0. The average molecular weight is 1190 g/mol. The van der Waals surface area contributed by atoms with Crippen LogP contribution in [0.1, 0.15) is 173 Å². The summed E-state index contributed by atoms with van der Waals surface area (Å²) in [7, 11) is 6.43. The first-order valence-electron chi connectivity index (χ1n) is 34.8. The highest BCUT2D eigenvalue weighted by molar-refractivity contribution is 5.70. The number of hydrogen-bond donors (Lipinski definition) is 0. The number of rotatable bonds is 9. The van der Waals surface area contributed by atoms with Crippen molar-refractivity contribution in [2.24, 2.45) is 71.4 Å². The number of hydrogen-bond acceptors (Lipinski definition) is 0. The van der Waals surface area contributed by atoms with Crippen LogP contribution in [0.5, 0.6) is 0 Å². The molecule has 0 N–H and O–H groups in total. The molecule has 0 saturated heterocycles. The summed E-state index contributed by atoms with van der Waals surface area (Å²) < 4.78 is 16.3. The van der Waals surface area contributed by atoms with Crippen LogP contribution in [0.4, 0.5) is 0 Å². The van der Waals surface area contributed by atoms with Crippen LogP contribution in [0.2, 0.25) is 0 Å². The van der Waals surface area contributed by atoms with Crippen LogP contribution in [0, 0.1) is 71.0 Å². The molecule has 3 aromatic heterocycles. The molecule has 0 amide bonds. The fourth-order valence-electron chi connectivity index (χ4n) is 19.3. The van der Waals surface area contributed by atoms with Crippen molar-refractivity contribution in [3.63, 3.8) is 0 Å². The SMILES string of the molecule is Cc1ccccc1-c1ccc(-c2ccc(C3CC4CCC3(C)C4(C)C)cc2)c[n+]1C.Cc1ccccc1-c1ccc(-c2cccc(C3CC4CCC3(C)C4(C)C)c2)c[n+]1C.[2H]C1(c2ccc(-c3ccc(-c4ccccc4C)[n+](C)c3)cc2)CC2CCC1(C)C2(C)C. The standard InChI is InChI=1S/3C29H34N/c1-20-9-6-7-12-25(20)27-14-13-23(19-30(27)5)21-10-8-11-22(17-21)26-18-24-15-16-29(26,4)28(24,2)3;2*1-20-8-6-7-9-25(20)27-15-14-23(19-30(27)5)21-10-12-22(13-11-21)26-18-24-16-17-29(26,4)28(24,2)3/h6-14,17,19,24,26H,15-16,18H2,1-5H3;2*6-15,19,24,26H,16-18H2,1-5H3/q3*+1/i;26D;. The van der Waals surface area contributed by atoms with Gasteiger partial charge in [0.1, 0.15) is 21.1 Å². The number of benzene rings is 6. The Morgan fingerprint density at radius 1 is 0.333 bits per heavy atom. The van der Waals surface area contributed by atoms with E-state index in [4.69, 9.17) is 0 Å². The third kappa shape index (κ3) is 10.3. The van der Waals surface area contributed by atoms with Gasteiger partial charge in [0.2, 0.25) is 17.1 Å². The molecule has 6 aliphatic rings. The quantitative estimate of drug-likeness (QED) is 0.128. The third-order valence-corrected chi connectivity index (χ3v) is 26.6. The summed E-state index contributed by atoms with van der Waals surface area (Å²) in [6, 6.07) is 67.0. The zero-order valence-electron chi connectivity index (χ0n) is 58.1. The molecule has 15 rings (SSSR count). The molecule has 6 fully saturated rings. The second kappa shape index (κ2) is 23.2. The largest absolute Gasteiger partial charge is 0.212 e. The fraction of sp³-hybridized carbons (Fsp3) is 0.414. The maximum Gasteiger partial charge on any atom is 0.212 e. The first kappa shape index (κ1) is 60.3. The highest BCUT2D eigenvalue weighted by Crippen LogP contribution is 2.73. The molecule has 9 aromatic rings. The lowest BCUT2D eigenvalue weighted by molar-refractivity contribution is -0.660. The van der Waals surface area contributed by atoms with Crippen LogP contribution in [-0.4, -0.2) is 0 Å². The number of aromatic nitrogens is 3. The van der Waals surface area contributed by atoms with Crippen molar-refractivity contribution in [1.82, 2.24) is 0 Å². The minimum absolute atomic E-state index is 0.0494. The molecule has 6 aromatic carbocycles. The topological polar surface area (TPSA) is 11.6 Å². The van der Waals surface area contributed by atoms with E-state index in [0.29, 0.717) is 39.4 Å². The van der Waals surface area contributed by atoms with E-state index in [0.717, 1.165) is 18.3 Å². The fourth-order valence-corrected chi connectivity index (χ4v) is 19.3. The van der Waals surface area contributed by atoms with Crippen molar-refractivity contribution < 1.29 is 15.1 Å². The molecule has 3 heteroatoms. The minimum Gasteiger partial charge on any atom is -0.200 e. The van der Waals surface area contributed by atoms with Gasteiger partial charge in [-0.1, -0.05) is 190 Å². The summed E-state index contributed by atoms with van der Waals surface area (Å²) >= 11 is 0. The van der Waals surface area contributed by atoms with Crippen molar-refractivity contribution in [2.45, 2.75) is 159 Å². The van der Waals surface area contributed by atoms with Crippen molar-refractivity contribution in [2.75, 3.05) is 0 Å². The summed E-state index contributed by atoms with van der Waals surface area (Å²) in [4.78, 5) is 0. The summed E-state index contributed by atoms with van der Waals surface area (Å²) in [5.74, 6) is 3.36. The molecule has 90 heavy (non-hydrogen) atoms. The van der Waals surface area contributed by atoms with E-state index in [9.17, 15) is 1.37 Å². The van der Waals surface area contributed by atoms with Gasteiger partial charge in [0.05, 0.1) is 0 Å². The van der Waals surface area contributed by atoms with Gasteiger partial charge in [0.15, 0.2) is 18.6 Å². The molecule has 0 spiro atoms. The van der Waals surface area contributed by atoms with Crippen LogP contribution < -0.4 is 13.7 Å². The van der Waals surface area contributed by atoms with E-state index >= 15 is 0 Å². The summed E-state index contributed by atoms with van der Waals surface area (Å²) in [5.41, 5.74) is 25.5. The van der Waals surface area contributed by atoms with Crippen LogP contribution >= 0.6 is 0 Å². The van der Waals surface area contributed by atoms with Gasteiger partial charge < -0.3 is 0 Å². The molecular formula is C87H102N3+3. The van der Waals surface area contributed by atoms with Gasteiger partial charge in [-0.05, 0) is 233 Å². The number of pyridine rings is 3. The van der Waals surface area contributed by atoms with E-state index in [-0.39, 0.29) is 10.8 Å². The van der Waals surface area contributed by atoms with Crippen molar-refractivity contribution in [1.29, 1.82) is 0 Å². The van der Waals surface area contributed by atoms with Gasteiger partial charge in [-0.25, -0.2) is 13.7 Å². The van der Waals surface area contributed by atoms with Crippen LogP contribution in [0.15, 0.2) is 201 Å². The van der Waals surface area contributed by atoms with Crippen molar-refractivity contribution in [3.8, 4) is 67.2 Å². The Hall–Kier alpha value is -7.23. The Labute approximate surface area is 543 Å². The van der Waals surface area contributed by atoms with Gasteiger partial charge in [0, 0.05) is 53.0 Å². The lowest BCUT2D eigenvalue weighted by Crippen LogP contribution is -2.31. The zero-order valence-corrected chi connectivity index (χ0v) is 57.1. The van der Waals surface area contributed by atoms with Gasteiger partial charge in [-0.3, -0.25) is 0 Å². The average Bonchev–Trinajstić information content (AvgIpc) is 1.54. The van der Waals surface area contributed by atoms with Gasteiger partial charge >= 0.3 is 0 Å². The van der Waals surface area contributed by atoms with Crippen LogP contribution in [0.3, 0.4) is 0 Å². The van der Waals surface area contributed by atoms with Gasteiger partial charge in [-0.2, -0.15) is 0 Å². The van der Waals surface area contributed by atoms with Crippen LogP contribution in [-0.2, 0) is 21.1 Å². The van der Waals surface area contributed by atoms with E-state index in [2.05, 4.69) is 319 Å². The lowest BCUT2D eigenvalue weighted by atomic mass is 9.65. The number of nitrogens with zero attached hydrogens (tertiary/aromatic N) is 3. The predicted octanol–water partition coefficient (Wildman–Crippen LogP) is 21.2. The van der Waals surface area contributed by atoms with E-state index < -0.39 is 5.89 Å². The molecule has 6 saturated carbocycles. The monoisotopic (exact) mass is 1190 g/mol. The van der Waals surface area contributed by atoms with Crippen molar-refractivity contribution in [3.05, 3.63) is 234 Å². The molecule has 3 nitrogen and oxygen atoms in total. The first-order chi connectivity index (χ1) is 43.3. The van der Waals surface area contributed by atoms with Gasteiger partial charge in [0.25, 0.3) is 0 Å². The van der Waals surface area contributed by atoms with Crippen LogP contribution in [0.25, 0.3) is 67.2 Å². The van der Waals surface area contributed by atoms with E-state index in [1.54, 1.807) is 0 Å². The Bertz CT molecular complexity index is 4210. The maximum absolute atomic E-state index is 9.51. The smallest absolute Gasteiger partial charge is 0.200 e. The summed E-state index contributed by atoms with van der Waals surface area (Å²) in [6.07, 6.45) is 18.5. The molecule has 9 atom stereocenters. The minimum atomic E-state index is -0.475. The lowest BCUT2D eigenvalue weighted by Gasteiger charge is -2.39.